The van der Waals surface area contributed by atoms with Crippen molar-refractivity contribution < 1.29 is 15.0 Å². The fourth-order valence-electron chi connectivity index (χ4n) is 3.49. The van der Waals surface area contributed by atoms with Crippen molar-refractivity contribution in [2.24, 2.45) is 5.92 Å². The SMILES string of the molecule is O=C(Cc1ccccc1O)N1CCC(C(O)Cc2ccccc2)CC1. The average molecular weight is 339 g/mol. The second kappa shape index (κ2) is 8.17. The summed E-state index contributed by atoms with van der Waals surface area (Å²) in [6, 6.07) is 17.0. The van der Waals surface area contributed by atoms with Gasteiger partial charge in [-0.15, -0.1) is 0 Å². The van der Waals surface area contributed by atoms with Crippen LogP contribution >= 0.6 is 0 Å². The summed E-state index contributed by atoms with van der Waals surface area (Å²) in [6.07, 6.45) is 2.17. The van der Waals surface area contributed by atoms with Gasteiger partial charge in [0.25, 0.3) is 0 Å². The fraction of sp³-hybridized carbons (Fsp3) is 0.381. The fourth-order valence-corrected chi connectivity index (χ4v) is 3.49. The van der Waals surface area contributed by atoms with Crippen LogP contribution in [0.1, 0.15) is 24.0 Å². The van der Waals surface area contributed by atoms with Crippen molar-refractivity contribution in [3.05, 3.63) is 65.7 Å². The number of aromatic hydroxyl groups is 1. The van der Waals surface area contributed by atoms with Crippen molar-refractivity contribution in [1.82, 2.24) is 4.90 Å². The number of para-hydroxylation sites is 1. The molecule has 1 unspecified atom stereocenters. The Labute approximate surface area is 148 Å². The summed E-state index contributed by atoms with van der Waals surface area (Å²) in [5, 5.41) is 20.3. The van der Waals surface area contributed by atoms with Gasteiger partial charge >= 0.3 is 0 Å². The first-order chi connectivity index (χ1) is 12.1. The van der Waals surface area contributed by atoms with Crippen molar-refractivity contribution in [1.29, 1.82) is 0 Å². The molecule has 132 valence electrons. The van der Waals surface area contributed by atoms with Crippen LogP contribution in [0.5, 0.6) is 5.75 Å². The van der Waals surface area contributed by atoms with Crippen LogP contribution in [-0.4, -0.2) is 40.2 Å². The molecule has 1 amide bonds. The Bertz CT molecular complexity index is 693. The average Bonchev–Trinajstić information content (AvgIpc) is 2.64. The number of hydrogen-bond donors (Lipinski definition) is 2. The van der Waals surface area contributed by atoms with Gasteiger partial charge in [0.2, 0.25) is 5.91 Å². The molecule has 25 heavy (non-hydrogen) atoms. The van der Waals surface area contributed by atoms with Gasteiger partial charge in [0, 0.05) is 18.7 Å². The normalized spacial score (nSPS) is 16.6. The molecular weight excluding hydrogens is 314 g/mol. The second-order valence-electron chi connectivity index (χ2n) is 6.78. The van der Waals surface area contributed by atoms with Gasteiger partial charge in [-0.3, -0.25) is 4.79 Å². The minimum atomic E-state index is -0.363. The summed E-state index contributed by atoms with van der Waals surface area (Å²) in [4.78, 5) is 14.3. The Balaban J connectivity index is 1.49. The molecular formula is C21H25NO3. The number of carbonyl (C=O) groups excluding carboxylic acids is 1. The number of hydrogen-bond acceptors (Lipinski definition) is 3. The molecule has 1 saturated heterocycles. The quantitative estimate of drug-likeness (QED) is 0.880. The molecule has 0 aromatic heterocycles. The van der Waals surface area contributed by atoms with Gasteiger partial charge in [-0.2, -0.15) is 0 Å². The van der Waals surface area contributed by atoms with Gasteiger partial charge in [0.1, 0.15) is 5.75 Å². The zero-order valence-electron chi connectivity index (χ0n) is 14.3. The van der Waals surface area contributed by atoms with E-state index < -0.39 is 0 Å². The maximum absolute atomic E-state index is 12.4. The molecule has 2 aromatic carbocycles. The molecule has 0 spiro atoms. The second-order valence-corrected chi connectivity index (χ2v) is 6.78. The minimum Gasteiger partial charge on any atom is -0.508 e. The highest BCUT2D eigenvalue weighted by Gasteiger charge is 2.27. The highest BCUT2D eigenvalue weighted by atomic mass is 16.3. The third-order valence-corrected chi connectivity index (χ3v) is 5.06. The van der Waals surface area contributed by atoms with E-state index in [0.717, 1.165) is 18.4 Å². The van der Waals surface area contributed by atoms with E-state index in [1.807, 2.05) is 41.3 Å². The number of aliphatic hydroxyl groups excluding tert-OH is 1. The number of benzene rings is 2. The predicted molar refractivity (Wildman–Crippen MR) is 97.3 cm³/mol. The van der Waals surface area contributed by atoms with Crippen LogP contribution in [0.4, 0.5) is 0 Å². The van der Waals surface area contributed by atoms with E-state index in [4.69, 9.17) is 0 Å². The lowest BCUT2D eigenvalue weighted by Gasteiger charge is -2.34. The molecule has 0 radical (unpaired) electrons. The zero-order valence-corrected chi connectivity index (χ0v) is 14.3. The largest absolute Gasteiger partial charge is 0.508 e. The molecule has 2 aromatic rings. The van der Waals surface area contributed by atoms with E-state index >= 15 is 0 Å². The number of piperidine rings is 1. The standard InChI is InChI=1S/C21H25NO3/c23-19-9-5-4-8-18(19)15-21(25)22-12-10-17(11-13-22)20(24)14-16-6-2-1-3-7-16/h1-9,17,20,23-24H,10-15H2. The van der Waals surface area contributed by atoms with Crippen LogP contribution in [0.25, 0.3) is 0 Å². The maximum Gasteiger partial charge on any atom is 0.227 e. The van der Waals surface area contributed by atoms with E-state index in [1.54, 1.807) is 18.2 Å². The number of carbonyl (C=O) groups is 1. The number of phenols is 1. The molecule has 2 N–H and O–H groups in total. The predicted octanol–water partition coefficient (Wildman–Crippen LogP) is 2.78. The maximum atomic E-state index is 12.4. The molecule has 1 fully saturated rings. The van der Waals surface area contributed by atoms with Crippen molar-refractivity contribution in [3.63, 3.8) is 0 Å². The van der Waals surface area contributed by atoms with Crippen molar-refractivity contribution in [2.75, 3.05) is 13.1 Å². The highest BCUT2D eigenvalue weighted by molar-refractivity contribution is 5.79. The molecule has 0 saturated carbocycles. The van der Waals surface area contributed by atoms with Gasteiger partial charge in [-0.1, -0.05) is 48.5 Å². The van der Waals surface area contributed by atoms with Gasteiger partial charge in [0.15, 0.2) is 0 Å². The van der Waals surface area contributed by atoms with Crippen molar-refractivity contribution in [2.45, 2.75) is 31.8 Å². The summed E-state index contributed by atoms with van der Waals surface area (Å²) in [7, 11) is 0. The number of likely N-dealkylation sites (tertiary alicyclic amines) is 1. The van der Waals surface area contributed by atoms with Crippen LogP contribution in [0.2, 0.25) is 0 Å². The Morgan fingerprint density at radius 3 is 2.36 bits per heavy atom. The van der Waals surface area contributed by atoms with E-state index in [2.05, 4.69) is 0 Å². The molecule has 0 aliphatic carbocycles. The molecule has 1 aliphatic rings. The van der Waals surface area contributed by atoms with Crippen LogP contribution in [-0.2, 0) is 17.6 Å². The highest BCUT2D eigenvalue weighted by Crippen LogP contribution is 2.24. The third-order valence-electron chi connectivity index (χ3n) is 5.06. The Morgan fingerprint density at radius 1 is 1.04 bits per heavy atom. The van der Waals surface area contributed by atoms with Gasteiger partial charge in [-0.25, -0.2) is 0 Å². The summed E-state index contributed by atoms with van der Waals surface area (Å²) < 4.78 is 0. The molecule has 3 rings (SSSR count). The van der Waals surface area contributed by atoms with E-state index in [-0.39, 0.29) is 30.1 Å². The number of aliphatic hydroxyl groups is 1. The Kier molecular flexibility index (Phi) is 5.71. The topological polar surface area (TPSA) is 60.8 Å². The number of nitrogens with zero attached hydrogens (tertiary/aromatic N) is 1. The number of rotatable bonds is 5. The van der Waals surface area contributed by atoms with E-state index in [1.165, 1.54) is 0 Å². The van der Waals surface area contributed by atoms with Gasteiger partial charge < -0.3 is 15.1 Å². The third kappa shape index (κ3) is 4.60. The smallest absolute Gasteiger partial charge is 0.227 e. The molecule has 4 nitrogen and oxygen atoms in total. The van der Waals surface area contributed by atoms with Crippen LogP contribution < -0.4 is 0 Å². The first-order valence-electron chi connectivity index (χ1n) is 8.90. The van der Waals surface area contributed by atoms with Crippen LogP contribution in [0.3, 0.4) is 0 Å². The lowest BCUT2D eigenvalue weighted by Crippen LogP contribution is -2.42. The lowest BCUT2D eigenvalue weighted by molar-refractivity contribution is -0.132. The van der Waals surface area contributed by atoms with Crippen LogP contribution in [0.15, 0.2) is 54.6 Å². The molecule has 1 atom stereocenters. The van der Waals surface area contributed by atoms with Crippen LogP contribution in [0, 0.1) is 5.92 Å². The molecule has 1 heterocycles. The first-order valence-corrected chi connectivity index (χ1v) is 8.90. The van der Waals surface area contributed by atoms with E-state index in [9.17, 15) is 15.0 Å². The monoisotopic (exact) mass is 339 g/mol. The van der Waals surface area contributed by atoms with Gasteiger partial charge in [0.05, 0.1) is 12.5 Å². The van der Waals surface area contributed by atoms with Gasteiger partial charge in [-0.05, 0) is 36.8 Å². The Morgan fingerprint density at radius 2 is 1.68 bits per heavy atom. The summed E-state index contributed by atoms with van der Waals surface area (Å²) in [5.74, 6) is 0.441. The summed E-state index contributed by atoms with van der Waals surface area (Å²) in [6.45, 7) is 1.34. The summed E-state index contributed by atoms with van der Waals surface area (Å²) >= 11 is 0. The van der Waals surface area contributed by atoms with Crippen molar-refractivity contribution in [3.8, 4) is 5.75 Å². The minimum absolute atomic E-state index is 0.0394. The lowest BCUT2D eigenvalue weighted by atomic mass is 9.88. The molecule has 1 aliphatic heterocycles. The number of amides is 1. The van der Waals surface area contributed by atoms with E-state index in [0.29, 0.717) is 25.1 Å². The Hall–Kier alpha value is -2.33. The van der Waals surface area contributed by atoms with Crippen molar-refractivity contribution >= 4 is 5.91 Å². The zero-order chi connectivity index (χ0) is 17.6. The molecule has 4 heteroatoms. The number of phenolic OH excluding ortho intramolecular Hbond substituents is 1. The molecule has 0 bridgehead atoms. The first kappa shape index (κ1) is 17.5. The summed E-state index contributed by atoms with van der Waals surface area (Å²) in [5.41, 5.74) is 1.81.